The Labute approximate surface area is 171 Å². The highest BCUT2D eigenvalue weighted by atomic mass is 79.9. The number of para-hydroxylation sites is 1. The van der Waals surface area contributed by atoms with E-state index in [1.165, 1.54) is 0 Å². The van der Waals surface area contributed by atoms with Crippen LogP contribution in [0.1, 0.15) is 22.3 Å². The average Bonchev–Trinajstić information content (AvgIpc) is 2.73. The molecule has 0 aliphatic rings. The lowest BCUT2D eigenvalue weighted by molar-refractivity contribution is 0.0992. The van der Waals surface area contributed by atoms with E-state index in [4.69, 9.17) is 0 Å². The topological polar surface area (TPSA) is 54.9 Å². The normalized spacial score (nSPS) is 10.8. The van der Waals surface area contributed by atoms with Gasteiger partial charge in [0, 0.05) is 27.5 Å². The molecule has 137 valence electrons. The summed E-state index contributed by atoms with van der Waals surface area (Å²) in [5, 5.41) is 4.25. The fraction of sp³-hybridized carbons (Fsp3) is 0.0435. The zero-order valence-corrected chi connectivity index (χ0v) is 16.6. The summed E-state index contributed by atoms with van der Waals surface area (Å²) in [5.41, 5.74) is 3.47. The van der Waals surface area contributed by atoms with Crippen LogP contribution in [-0.2, 0) is 0 Å². The minimum atomic E-state index is 0.0824. The summed E-state index contributed by atoms with van der Waals surface area (Å²) in [6.45, 7) is 0. The van der Waals surface area contributed by atoms with Gasteiger partial charge in [-0.2, -0.15) is 0 Å². The van der Waals surface area contributed by atoms with Crippen molar-refractivity contribution >= 4 is 44.1 Å². The number of nitrogens with one attached hydrogen (secondary N) is 1. The first-order valence-electron chi connectivity index (χ1n) is 8.88. The molecule has 0 saturated heterocycles. The number of halogens is 1. The van der Waals surface area contributed by atoms with Gasteiger partial charge < -0.3 is 5.32 Å². The highest BCUT2D eigenvalue weighted by Crippen LogP contribution is 2.23. The van der Waals surface area contributed by atoms with Gasteiger partial charge in [0.2, 0.25) is 0 Å². The van der Waals surface area contributed by atoms with Gasteiger partial charge in [-0.25, -0.2) is 9.97 Å². The lowest BCUT2D eigenvalue weighted by atomic mass is 10.0. The molecule has 0 unspecified atom stereocenters. The molecule has 1 heterocycles. The first kappa shape index (κ1) is 18.3. The van der Waals surface area contributed by atoms with Crippen molar-refractivity contribution in [1.29, 1.82) is 0 Å². The third-order valence-electron chi connectivity index (χ3n) is 4.38. The molecule has 1 radical (unpaired) electrons. The van der Waals surface area contributed by atoms with E-state index in [2.05, 4.69) is 31.2 Å². The molecule has 0 bridgehead atoms. The highest BCUT2D eigenvalue weighted by Gasteiger charge is 2.08. The number of anilines is 2. The van der Waals surface area contributed by atoms with E-state index < -0.39 is 0 Å². The Balaban J connectivity index is 1.44. The summed E-state index contributed by atoms with van der Waals surface area (Å²) in [7, 11) is 0. The Morgan fingerprint density at radius 3 is 2.61 bits per heavy atom. The minimum Gasteiger partial charge on any atom is -0.340 e. The molecule has 4 nitrogen and oxygen atoms in total. The number of carbonyl (C=O) groups is 1. The molecular weight excluding hydrogens is 414 g/mol. The highest BCUT2D eigenvalue weighted by molar-refractivity contribution is 9.10. The molecule has 0 aliphatic heterocycles. The number of ketones is 1. The second kappa shape index (κ2) is 8.31. The number of carbonyl (C=O) groups excluding carboxylic acids is 1. The average molecular weight is 431 g/mol. The van der Waals surface area contributed by atoms with E-state index in [1.807, 2.05) is 79.2 Å². The van der Waals surface area contributed by atoms with Gasteiger partial charge in [-0.05, 0) is 60.5 Å². The minimum absolute atomic E-state index is 0.0824. The second-order valence-electron chi connectivity index (χ2n) is 6.33. The number of hydrogen-bond donors (Lipinski definition) is 1. The largest absolute Gasteiger partial charge is 0.340 e. The van der Waals surface area contributed by atoms with Crippen LogP contribution in [0.5, 0.6) is 0 Å². The number of fused-ring (bicyclic) bond motifs is 1. The zero-order chi connectivity index (χ0) is 19.3. The van der Waals surface area contributed by atoms with Crippen LogP contribution >= 0.6 is 15.9 Å². The van der Waals surface area contributed by atoms with Crippen molar-refractivity contribution in [2.24, 2.45) is 0 Å². The quantitative estimate of drug-likeness (QED) is 0.383. The third kappa shape index (κ3) is 4.26. The van der Waals surface area contributed by atoms with Crippen LogP contribution in [0.25, 0.3) is 10.9 Å². The van der Waals surface area contributed by atoms with Gasteiger partial charge in [-0.1, -0.05) is 40.2 Å². The van der Waals surface area contributed by atoms with Gasteiger partial charge in [-0.15, -0.1) is 0 Å². The molecule has 1 aromatic heterocycles. The molecule has 0 fully saturated rings. The Morgan fingerprint density at radius 2 is 1.79 bits per heavy atom. The van der Waals surface area contributed by atoms with E-state index in [0.29, 0.717) is 12.0 Å². The van der Waals surface area contributed by atoms with Crippen molar-refractivity contribution in [2.45, 2.75) is 6.42 Å². The predicted octanol–water partition coefficient (Wildman–Crippen LogP) is 5.96. The van der Waals surface area contributed by atoms with Gasteiger partial charge in [-0.3, -0.25) is 4.79 Å². The van der Waals surface area contributed by atoms with Gasteiger partial charge in [0.25, 0.3) is 0 Å². The summed E-state index contributed by atoms with van der Waals surface area (Å²) in [4.78, 5) is 21.1. The summed E-state index contributed by atoms with van der Waals surface area (Å²) >= 11 is 3.44. The van der Waals surface area contributed by atoms with Crippen molar-refractivity contribution in [1.82, 2.24) is 9.97 Å². The molecule has 3 aromatic carbocycles. The molecule has 5 heteroatoms. The standard InChI is InChI=1S/C23H17BrN3O/c24-18-5-3-4-16(14-18)8-13-22(28)17-9-11-19(12-10-17)27-23-20-6-1-2-7-21(20)25-15-26-23/h1-12,14-15H,13H2,(H,25,26,27). The van der Waals surface area contributed by atoms with E-state index in [0.717, 1.165) is 32.4 Å². The molecule has 1 N–H and O–H groups in total. The van der Waals surface area contributed by atoms with E-state index in [-0.39, 0.29) is 5.78 Å². The predicted molar refractivity (Wildman–Crippen MR) is 116 cm³/mol. The van der Waals surface area contributed by atoms with Crippen LogP contribution in [0.4, 0.5) is 11.5 Å². The lowest BCUT2D eigenvalue weighted by Gasteiger charge is -2.09. The van der Waals surface area contributed by atoms with Crippen molar-refractivity contribution < 1.29 is 4.79 Å². The SMILES string of the molecule is O=C(C[CH]c1cccc(Br)c1)c1ccc(Nc2ncnc3ccccc23)cc1. The number of rotatable bonds is 6. The maximum Gasteiger partial charge on any atom is 0.163 e. The first-order valence-corrected chi connectivity index (χ1v) is 9.67. The summed E-state index contributed by atoms with van der Waals surface area (Å²) < 4.78 is 1.00. The number of Topliss-reactive ketones (excluding diaryl/α,β-unsaturated/α-hetero) is 1. The molecule has 4 aromatic rings. The van der Waals surface area contributed by atoms with E-state index >= 15 is 0 Å². The first-order chi connectivity index (χ1) is 13.7. The fourth-order valence-corrected chi connectivity index (χ4v) is 3.36. The van der Waals surface area contributed by atoms with Crippen molar-refractivity contribution in [3.63, 3.8) is 0 Å². The second-order valence-corrected chi connectivity index (χ2v) is 7.24. The Bertz CT molecular complexity index is 1120. The molecule has 0 saturated carbocycles. The Kier molecular flexibility index (Phi) is 5.44. The van der Waals surface area contributed by atoms with Gasteiger partial charge >= 0.3 is 0 Å². The maximum absolute atomic E-state index is 12.5. The van der Waals surface area contributed by atoms with E-state index in [9.17, 15) is 4.79 Å². The number of nitrogens with zero attached hydrogens (tertiary/aromatic N) is 2. The molecule has 4 rings (SSSR count). The molecule has 0 atom stereocenters. The number of hydrogen-bond acceptors (Lipinski definition) is 4. The van der Waals surface area contributed by atoms with Gasteiger partial charge in [0.15, 0.2) is 5.78 Å². The Morgan fingerprint density at radius 1 is 0.964 bits per heavy atom. The van der Waals surface area contributed by atoms with Crippen molar-refractivity contribution in [3.8, 4) is 0 Å². The van der Waals surface area contributed by atoms with Crippen LogP contribution in [0.2, 0.25) is 0 Å². The summed E-state index contributed by atoms with van der Waals surface area (Å²) in [5.74, 6) is 0.826. The molecule has 28 heavy (non-hydrogen) atoms. The van der Waals surface area contributed by atoms with Gasteiger partial charge in [0.1, 0.15) is 12.1 Å². The third-order valence-corrected chi connectivity index (χ3v) is 4.88. The number of aromatic nitrogens is 2. The summed E-state index contributed by atoms with van der Waals surface area (Å²) in [6, 6.07) is 23.2. The Hall–Kier alpha value is -3.05. The lowest BCUT2D eigenvalue weighted by Crippen LogP contribution is -2.01. The zero-order valence-electron chi connectivity index (χ0n) is 15.0. The monoisotopic (exact) mass is 430 g/mol. The van der Waals surface area contributed by atoms with Crippen LogP contribution in [0.3, 0.4) is 0 Å². The summed E-state index contributed by atoms with van der Waals surface area (Å²) in [6.07, 6.45) is 3.84. The molecule has 0 aliphatic carbocycles. The van der Waals surface area contributed by atoms with Crippen LogP contribution in [0, 0.1) is 6.42 Å². The molecule has 0 amide bonds. The van der Waals surface area contributed by atoms with Gasteiger partial charge in [0.05, 0.1) is 5.52 Å². The smallest absolute Gasteiger partial charge is 0.163 e. The molecular formula is C23H17BrN3O. The van der Waals surface area contributed by atoms with Crippen molar-refractivity contribution in [3.05, 3.63) is 101 Å². The van der Waals surface area contributed by atoms with Crippen LogP contribution in [-0.4, -0.2) is 15.8 Å². The van der Waals surface area contributed by atoms with E-state index in [1.54, 1.807) is 6.33 Å². The number of benzene rings is 3. The molecule has 0 spiro atoms. The van der Waals surface area contributed by atoms with Crippen molar-refractivity contribution in [2.75, 3.05) is 5.32 Å². The fourth-order valence-electron chi connectivity index (χ4n) is 2.94. The van der Waals surface area contributed by atoms with Crippen LogP contribution < -0.4 is 5.32 Å². The maximum atomic E-state index is 12.5. The van der Waals surface area contributed by atoms with Crippen LogP contribution in [0.15, 0.2) is 83.6 Å².